The van der Waals surface area contributed by atoms with Crippen LogP contribution in [0.1, 0.15) is 19.8 Å². The summed E-state index contributed by atoms with van der Waals surface area (Å²) in [5.74, 6) is 0.868. The standard InChI is InChI=1S/C15H26N2O2/c1-4-9-16-13(8-10-18)12-19-15-7-5-6-14(11-15)17(2)3/h5-7,11,13,16,18H,4,8-10,12H2,1-3H3. The molecular formula is C15H26N2O2. The first-order chi connectivity index (χ1) is 9.17. The molecule has 0 radical (unpaired) electrons. The van der Waals surface area contributed by atoms with Gasteiger partial charge in [-0.3, -0.25) is 0 Å². The molecule has 0 aliphatic heterocycles. The topological polar surface area (TPSA) is 44.7 Å². The minimum Gasteiger partial charge on any atom is -0.492 e. The fourth-order valence-electron chi connectivity index (χ4n) is 1.80. The van der Waals surface area contributed by atoms with Crippen molar-refractivity contribution in [3.8, 4) is 5.75 Å². The summed E-state index contributed by atoms with van der Waals surface area (Å²) in [6, 6.07) is 8.23. The van der Waals surface area contributed by atoms with Crippen molar-refractivity contribution < 1.29 is 9.84 Å². The summed E-state index contributed by atoms with van der Waals surface area (Å²) in [6.45, 7) is 3.84. The number of aliphatic hydroxyl groups excluding tert-OH is 1. The van der Waals surface area contributed by atoms with Crippen LogP contribution in [0.15, 0.2) is 24.3 Å². The summed E-state index contributed by atoms with van der Waals surface area (Å²) in [7, 11) is 4.02. The number of nitrogens with zero attached hydrogens (tertiary/aromatic N) is 1. The predicted octanol–water partition coefficient (Wildman–Crippen LogP) is 1.88. The third-order valence-corrected chi connectivity index (χ3v) is 2.95. The lowest BCUT2D eigenvalue weighted by Gasteiger charge is -2.19. The molecule has 108 valence electrons. The third-order valence-electron chi connectivity index (χ3n) is 2.95. The number of ether oxygens (including phenoxy) is 1. The molecule has 1 aromatic rings. The van der Waals surface area contributed by atoms with Gasteiger partial charge in [0, 0.05) is 38.5 Å². The van der Waals surface area contributed by atoms with E-state index in [0.29, 0.717) is 13.0 Å². The van der Waals surface area contributed by atoms with Crippen LogP contribution >= 0.6 is 0 Å². The van der Waals surface area contributed by atoms with Crippen LogP contribution in [-0.2, 0) is 0 Å². The molecule has 1 aromatic carbocycles. The van der Waals surface area contributed by atoms with Gasteiger partial charge in [0.05, 0.1) is 0 Å². The van der Waals surface area contributed by atoms with Gasteiger partial charge in [-0.25, -0.2) is 0 Å². The molecule has 0 aliphatic carbocycles. The highest BCUT2D eigenvalue weighted by Gasteiger charge is 2.08. The van der Waals surface area contributed by atoms with Crippen molar-refractivity contribution in [1.82, 2.24) is 5.32 Å². The van der Waals surface area contributed by atoms with E-state index in [1.807, 2.05) is 43.3 Å². The second-order valence-electron chi connectivity index (χ2n) is 4.87. The Morgan fingerprint density at radius 3 is 2.79 bits per heavy atom. The van der Waals surface area contributed by atoms with Crippen molar-refractivity contribution in [1.29, 1.82) is 0 Å². The Morgan fingerprint density at radius 2 is 2.16 bits per heavy atom. The second kappa shape index (κ2) is 8.77. The fourth-order valence-corrected chi connectivity index (χ4v) is 1.80. The molecule has 2 N–H and O–H groups in total. The van der Waals surface area contributed by atoms with Gasteiger partial charge < -0.3 is 20.1 Å². The van der Waals surface area contributed by atoms with E-state index in [1.54, 1.807) is 0 Å². The van der Waals surface area contributed by atoms with E-state index in [9.17, 15) is 0 Å². The fraction of sp³-hybridized carbons (Fsp3) is 0.600. The van der Waals surface area contributed by atoms with Crippen molar-refractivity contribution >= 4 is 5.69 Å². The monoisotopic (exact) mass is 266 g/mol. The maximum atomic E-state index is 9.05. The molecule has 1 atom stereocenters. The van der Waals surface area contributed by atoms with Crippen molar-refractivity contribution in [2.45, 2.75) is 25.8 Å². The molecule has 0 bridgehead atoms. The zero-order chi connectivity index (χ0) is 14.1. The van der Waals surface area contributed by atoms with E-state index in [1.165, 1.54) is 0 Å². The van der Waals surface area contributed by atoms with Crippen molar-refractivity contribution in [3.05, 3.63) is 24.3 Å². The van der Waals surface area contributed by atoms with E-state index >= 15 is 0 Å². The molecule has 0 amide bonds. The molecule has 0 aromatic heterocycles. The van der Waals surface area contributed by atoms with Crippen LogP contribution in [0, 0.1) is 0 Å². The van der Waals surface area contributed by atoms with E-state index in [2.05, 4.69) is 12.2 Å². The van der Waals surface area contributed by atoms with Gasteiger partial charge in [0.25, 0.3) is 0 Å². The first-order valence-corrected chi connectivity index (χ1v) is 6.91. The molecule has 0 heterocycles. The lowest BCUT2D eigenvalue weighted by molar-refractivity contribution is 0.214. The van der Waals surface area contributed by atoms with Gasteiger partial charge in [0.15, 0.2) is 0 Å². The molecule has 19 heavy (non-hydrogen) atoms. The van der Waals surface area contributed by atoms with Gasteiger partial charge in [-0.15, -0.1) is 0 Å². The molecule has 4 nitrogen and oxygen atoms in total. The van der Waals surface area contributed by atoms with Gasteiger partial charge in [-0.05, 0) is 31.5 Å². The lowest BCUT2D eigenvalue weighted by Crippen LogP contribution is -2.36. The summed E-state index contributed by atoms with van der Waals surface area (Å²) in [5.41, 5.74) is 1.12. The second-order valence-corrected chi connectivity index (χ2v) is 4.87. The van der Waals surface area contributed by atoms with E-state index in [-0.39, 0.29) is 12.6 Å². The van der Waals surface area contributed by atoms with E-state index in [0.717, 1.165) is 24.4 Å². The molecule has 1 rings (SSSR count). The van der Waals surface area contributed by atoms with Crippen molar-refractivity contribution in [2.24, 2.45) is 0 Å². The number of benzene rings is 1. The van der Waals surface area contributed by atoms with E-state index in [4.69, 9.17) is 9.84 Å². The highest BCUT2D eigenvalue weighted by molar-refractivity contribution is 5.49. The Balaban J connectivity index is 2.50. The molecule has 1 unspecified atom stereocenters. The van der Waals surface area contributed by atoms with Gasteiger partial charge in [0.2, 0.25) is 0 Å². The number of nitrogens with one attached hydrogen (secondary N) is 1. The summed E-state index contributed by atoms with van der Waals surface area (Å²) in [6.07, 6.45) is 1.80. The minimum absolute atomic E-state index is 0.183. The van der Waals surface area contributed by atoms with Crippen LogP contribution < -0.4 is 15.0 Å². The molecule has 0 saturated heterocycles. The van der Waals surface area contributed by atoms with Crippen molar-refractivity contribution in [2.75, 3.05) is 38.8 Å². The number of aliphatic hydroxyl groups is 1. The Bertz CT molecular complexity index is 356. The van der Waals surface area contributed by atoms with Gasteiger partial charge >= 0.3 is 0 Å². The Kier molecular flexibility index (Phi) is 7.30. The van der Waals surface area contributed by atoms with Crippen LogP contribution in [-0.4, -0.2) is 45.0 Å². The molecular weight excluding hydrogens is 240 g/mol. The normalized spacial score (nSPS) is 12.2. The van der Waals surface area contributed by atoms with Crippen LogP contribution in [0.2, 0.25) is 0 Å². The van der Waals surface area contributed by atoms with Crippen molar-refractivity contribution in [3.63, 3.8) is 0 Å². The molecule has 0 saturated carbocycles. The number of rotatable bonds is 9. The number of hydrogen-bond acceptors (Lipinski definition) is 4. The quantitative estimate of drug-likeness (QED) is 0.716. The zero-order valence-electron chi connectivity index (χ0n) is 12.2. The largest absolute Gasteiger partial charge is 0.492 e. The lowest BCUT2D eigenvalue weighted by atomic mass is 10.2. The Labute approximate surface area is 116 Å². The molecule has 0 fully saturated rings. The number of anilines is 1. The SMILES string of the molecule is CCCNC(CCO)COc1cccc(N(C)C)c1. The first-order valence-electron chi connectivity index (χ1n) is 6.91. The minimum atomic E-state index is 0.183. The van der Waals surface area contributed by atoms with Crippen LogP contribution in [0.4, 0.5) is 5.69 Å². The summed E-state index contributed by atoms with van der Waals surface area (Å²) < 4.78 is 5.81. The van der Waals surface area contributed by atoms with Crippen LogP contribution in [0.3, 0.4) is 0 Å². The van der Waals surface area contributed by atoms with Gasteiger partial charge in [-0.2, -0.15) is 0 Å². The van der Waals surface area contributed by atoms with Gasteiger partial charge in [-0.1, -0.05) is 13.0 Å². The molecule has 4 heteroatoms. The zero-order valence-corrected chi connectivity index (χ0v) is 12.2. The maximum absolute atomic E-state index is 9.05. The van der Waals surface area contributed by atoms with E-state index < -0.39 is 0 Å². The molecule has 0 spiro atoms. The average Bonchev–Trinajstić information content (AvgIpc) is 2.42. The molecule has 0 aliphatic rings. The summed E-state index contributed by atoms with van der Waals surface area (Å²) >= 11 is 0. The average molecular weight is 266 g/mol. The smallest absolute Gasteiger partial charge is 0.121 e. The predicted molar refractivity (Wildman–Crippen MR) is 80.0 cm³/mol. The highest BCUT2D eigenvalue weighted by atomic mass is 16.5. The van der Waals surface area contributed by atoms with Crippen LogP contribution in [0.25, 0.3) is 0 Å². The third kappa shape index (κ3) is 5.94. The van der Waals surface area contributed by atoms with Crippen LogP contribution in [0.5, 0.6) is 5.75 Å². The maximum Gasteiger partial charge on any atom is 0.121 e. The first kappa shape index (κ1) is 15.8. The van der Waals surface area contributed by atoms with Gasteiger partial charge in [0.1, 0.15) is 12.4 Å². The Morgan fingerprint density at radius 1 is 1.37 bits per heavy atom. The summed E-state index contributed by atoms with van der Waals surface area (Å²) in [4.78, 5) is 2.05. The Hall–Kier alpha value is -1.26. The number of hydrogen-bond donors (Lipinski definition) is 2. The summed E-state index contributed by atoms with van der Waals surface area (Å²) in [5, 5.41) is 12.4. The highest BCUT2D eigenvalue weighted by Crippen LogP contribution is 2.19.